The van der Waals surface area contributed by atoms with E-state index in [1.54, 1.807) is 17.8 Å². The molecule has 24 heavy (non-hydrogen) atoms. The molecular weight excluding hydrogens is 322 g/mol. The van der Waals surface area contributed by atoms with Gasteiger partial charge in [-0.3, -0.25) is 0 Å². The Morgan fingerprint density at radius 3 is 2.83 bits per heavy atom. The maximum absolute atomic E-state index is 11.9. The van der Waals surface area contributed by atoms with Crippen LogP contribution in [0.4, 0.5) is 0 Å². The van der Waals surface area contributed by atoms with E-state index < -0.39 is 0 Å². The van der Waals surface area contributed by atoms with E-state index in [0.29, 0.717) is 17.3 Å². The highest BCUT2D eigenvalue weighted by atomic mass is 32.2. The number of rotatable bonds is 4. The fourth-order valence-electron chi connectivity index (χ4n) is 2.94. The third-order valence-corrected chi connectivity index (χ3v) is 5.75. The van der Waals surface area contributed by atoms with Gasteiger partial charge in [-0.2, -0.15) is 0 Å². The van der Waals surface area contributed by atoms with Crippen LogP contribution in [-0.4, -0.2) is 14.8 Å². The zero-order chi connectivity index (χ0) is 16.8. The van der Waals surface area contributed by atoms with Crippen molar-refractivity contribution in [2.75, 3.05) is 0 Å². The number of benzene rings is 1. The van der Waals surface area contributed by atoms with Crippen molar-refractivity contribution in [2.24, 2.45) is 7.05 Å². The molecule has 3 aromatic rings. The third kappa shape index (κ3) is 2.65. The Morgan fingerprint density at radius 2 is 2.08 bits per heavy atom. The normalized spacial score (nSPS) is 14.5. The summed E-state index contributed by atoms with van der Waals surface area (Å²) < 4.78 is 7.51. The molecule has 0 radical (unpaired) electrons. The van der Waals surface area contributed by atoms with Gasteiger partial charge in [0.1, 0.15) is 11.4 Å². The van der Waals surface area contributed by atoms with E-state index in [9.17, 15) is 4.79 Å². The van der Waals surface area contributed by atoms with Gasteiger partial charge in [0.2, 0.25) is 0 Å². The molecule has 1 fully saturated rings. The largest absolute Gasteiger partial charge is 0.422 e. The van der Waals surface area contributed by atoms with Crippen molar-refractivity contribution >= 4 is 22.7 Å². The monoisotopic (exact) mass is 341 g/mol. The van der Waals surface area contributed by atoms with E-state index >= 15 is 0 Å². The van der Waals surface area contributed by atoms with Gasteiger partial charge in [-0.15, -0.1) is 10.2 Å². The topological polar surface area (TPSA) is 60.9 Å². The predicted molar refractivity (Wildman–Crippen MR) is 94.5 cm³/mol. The number of thioether (sulfide) groups is 1. The zero-order valence-electron chi connectivity index (χ0n) is 14.0. The molecule has 1 aliphatic carbocycles. The van der Waals surface area contributed by atoms with E-state index in [2.05, 4.69) is 20.8 Å². The molecule has 2 aromatic heterocycles. The van der Waals surface area contributed by atoms with Crippen LogP contribution in [0.2, 0.25) is 0 Å². The third-order valence-electron chi connectivity index (χ3n) is 4.69. The Balaban J connectivity index is 1.67. The lowest BCUT2D eigenvalue weighted by atomic mass is 10.0. The lowest BCUT2D eigenvalue weighted by molar-refractivity contribution is 0.557. The van der Waals surface area contributed by atoms with Crippen molar-refractivity contribution in [1.82, 2.24) is 14.8 Å². The molecular formula is C18H19N3O2S. The van der Waals surface area contributed by atoms with Crippen molar-refractivity contribution < 1.29 is 4.42 Å². The molecule has 0 aliphatic heterocycles. The van der Waals surface area contributed by atoms with Crippen molar-refractivity contribution in [1.29, 1.82) is 0 Å². The van der Waals surface area contributed by atoms with Gasteiger partial charge < -0.3 is 8.98 Å². The SMILES string of the molecule is Cc1ccc2c(CSc3nnc(C4CC4)n3C)cc(=O)oc2c1C. The second kappa shape index (κ2) is 5.77. The number of aryl methyl sites for hydroxylation is 2. The Hall–Kier alpha value is -2.08. The molecule has 1 saturated carbocycles. The van der Waals surface area contributed by atoms with Crippen molar-refractivity contribution in [3.8, 4) is 0 Å². The summed E-state index contributed by atoms with van der Waals surface area (Å²) in [5.74, 6) is 2.31. The lowest BCUT2D eigenvalue weighted by Crippen LogP contribution is -2.02. The Morgan fingerprint density at radius 1 is 1.29 bits per heavy atom. The fourth-order valence-corrected chi connectivity index (χ4v) is 3.84. The summed E-state index contributed by atoms with van der Waals surface area (Å²) in [7, 11) is 2.01. The van der Waals surface area contributed by atoms with Crippen LogP contribution in [0.1, 0.15) is 41.3 Å². The Kier molecular flexibility index (Phi) is 3.72. The molecule has 2 heterocycles. The molecule has 0 bridgehead atoms. The number of nitrogens with zero attached hydrogens (tertiary/aromatic N) is 3. The smallest absolute Gasteiger partial charge is 0.336 e. The summed E-state index contributed by atoms with van der Waals surface area (Å²) >= 11 is 1.61. The molecule has 6 heteroatoms. The Labute approximate surface area is 144 Å². The zero-order valence-corrected chi connectivity index (χ0v) is 14.8. The maximum atomic E-state index is 11.9. The molecule has 5 nitrogen and oxygen atoms in total. The second-order valence-corrected chi connectivity index (χ2v) is 7.38. The molecule has 4 rings (SSSR count). The minimum atomic E-state index is -0.302. The number of aromatic nitrogens is 3. The van der Waals surface area contributed by atoms with Crippen molar-refractivity contribution in [3.63, 3.8) is 0 Å². The van der Waals surface area contributed by atoms with Crippen LogP contribution in [-0.2, 0) is 12.8 Å². The summed E-state index contributed by atoms with van der Waals surface area (Å²) in [4.78, 5) is 11.9. The van der Waals surface area contributed by atoms with Gasteiger partial charge >= 0.3 is 5.63 Å². The quantitative estimate of drug-likeness (QED) is 0.535. The number of hydrogen-bond donors (Lipinski definition) is 0. The van der Waals surface area contributed by atoms with E-state index in [1.807, 2.05) is 27.0 Å². The van der Waals surface area contributed by atoms with Crippen LogP contribution in [0.25, 0.3) is 11.0 Å². The minimum Gasteiger partial charge on any atom is -0.422 e. The standard InChI is InChI=1S/C18H19N3O2S/c1-10-4-7-14-13(8-15(22)23-16(14)11(10)2)9-24-18-20-19-17(21(18)3)12-5-6-12/h4,7-8,12H,5-6,9H2,1-3H3. The molecule has 1 aliphatic rings. The van der Waals surface area contributed by atoms with E-state index in [-0.39, 0.29) is 5.63 Å². The van der Waals surface area contributed by atoms with Crippen LogP contribution in [0.5, 0.6) is 0 Å². The lowest BCUT2D eigenvalue weighted by Gasteiger charge is -2.09. The average Bonchev–Trinajstić information content (AvgIpc) is 3.33. The van der Waals surface area contributed by atoms with Crippen LogP contribution in [0.3, 0.4) is 0 Å². The highest BCUT2D eigenvalue weighted by molar-refractivity contribution is 7.98. The van der Waals surface area contributed by atoms with E-state index in [0.717, 1.165) is 33.1 Å². The molecule has 0 saturated heterocycles. The van der Waals surface area contributed by atoms with Crippen LogP contribution in [0.15, 0.2) is 32.6 Å². The van der Waals surface area contributed by atoms with Gasteiger partial charge in [0.25, 0.3) is 0 Å². The van der Waals surface area contributed by atoms with E-state index in [1.165, 1.54) is 12.8 Å². The highest BCUT2D eigenvalue weighted by Crippen LogP contribution is 2.39. The van der Waals surface area contributed by atoms with E-state index in [4.69, 9.17) is 4.42 Å². The minimum absolute atomic E-state index is 0.302. The van der Waals surface area contributed by atoms with Crippen molar-refractivity contribution in [3.05, 3.63) is 51.1 Å². The number of fused-ring (bicyclic) bond motifs is 1. The van der Waals surface area contributed by atoms with Gasteiger partial charge in [-0.25, -0.2) is 4.79 Å². The van der Waals surface area contributed by atoms with Gasteiger partial charge in [0.05, 0.1) is 0 Å². The molecule has 0 N–H and O–H groups in total. The first-order valence-electron chi connectivity index (χ1n) is 8.09. The highest BCUT2D eigenvalue weighted by Gasteiger charge is 2.29. The average molecular weight is 341 g/mol. The first-order valence-corrected chi connectivity index (χ1v) is 9.08. The van der Waals surface area contributed by atoms with Crippen LogP contribution in [0, 0.1) is 13.8 Å². The van der Waals surface area contributed by atoms with Gasteiger partial charge in [0.15, 0.2) is 5.16 Å². The summed E-state index contributed by atoms with van der Waals surface area (Å²) in [6, 6.07) is 5.68. The summed E-state index contributed by atoms with van der Waals surface area (Å²) in [5.41, 5.74) is 3.51. The van der Waals surface area contributed by atoms with Crippen LogP contribution < -0.4 is 5.63 Å². The first kappa shape index (κ1) is 15.4. The molecule has 124 valence electrons. The fraction of sp³-hybridized carbons (Fsp3) is 0.389. The molecule has 0 spiro atoms. The molecule has 1 aromatic carbocycles. The van der Waals surface area contributed by atoms with Gasteiger partial charge in [-0.05, 0) is 43.4 Å². The predicted octanol–water partition coefficient (Wildman–Crippen LogP) is 3.71. The Bertz CT molecular complexity index is 986. The van der Waals surface area contributed by atoms with Crippen molar-refractivity contribution in [2.45, 2.75) is 43.5 Å². The summed E-state index contributed by atoms with van der Waals surface area (Å²) in [6.07, 6.45) is 2.42. The number of hydrogen-bond acceptors (Lipinski definition) is 5. The summed E-state index contributed by atoms with van der Waals surface area (Å²) in [5, 5.41) is 10.5. The molecule has 0 amide bonds. The van der Waals surface area contributed by atoms with Crippen LogP contribution >= 0.6 is 11.8 Å². The van der Waals surface area contributed by atoms with Gasteiger partial charge in [0, 0.05) is 30.2 Å². The molecule has 0 unspecified atom stereocenters. The van der Waals surface area contributed by atoms with Gasteiger partial charge in [-0.1, -0.05) is 23.9 Å². The summed E-state index contributed by atoms with van der Waals surface area (Å²) in [6.45, 7) is 4.01. The second-order valence-electron chi connectivity index (χ2n) is 6.44. The molecule has 0 atom stereocenters. The first-order chi connectivity index (χ1) is 11.5. The maximum Gasteiger partial charge on any atom is 0.336 e.